The van der Waals surface area contributed by atoms with E-state index in [1.807, 2.05) is 6.92 Å². The molecule has 20 heavy (non-hydrogen) atoms. The fourth-order valence-corrected chi connectivity index (χ4v) is 3.26. The quantitative estimate of drug-likeness (QED) is 0.896. The second kappa shape index (κ2) is 6.40. The third-order valence-corrected chi connectivity index (χ3v) is 4.56. The number of carboxylic acids is 1. The lowest BCUT2D eigenvalue weighted by molar-refractivity contribution is -0.142. The number of benzene rings is 1. The van der Waals surface area contributed by atoms with E-state index in [4.69, 9.17) is 0 Å². The number of nitrogens with zero attached hydrogens (tertiary/aromatic N) is 1. The van der Waals surface area contributed by atoms with Crippen LogP contribution in [0.4, 0.5) is 0 Å². The van der Waals surface area contributed by atoms with Gasteiger partial charge >= 0.3 is 5.97 Å². The lowest BCUT2D eigenvalue weighted by atomic mass is 9.99. The van der Waals surface area contributed by atoms with Crippen molar-refractivity contribution in [1.82, 2.24) is 4.90 Å². The molecule has 0 aliphatic carbocycles. The summed E-state index contributed by atoms with van der Waals surface area (Å²) in [6.07, 6.45) is 2.07. The van der Waals surface area contributed by atoms with E-state index in [1.54, 1.807) is 0 Å². The Labute approximate surface area is 121 Å². The molecule has 1 aromatic rings. The van der Waals surface area contributed by atoms with Crippen LogP contribution in [0.3, 0.4) is 0 Å². The van der Waals surface area contributed by atoms with Gasteiger partial charge < -0.3 is 5.11 Å². The molecular weight excluding hydrogens is 250 g/mol. The number of likely N-dealkylation sites (tertiary alicyclic amines) is 1. The van der Waals surface area contributed by atoms with Crippen LogP contribution in [0.25, 0.3) is 0 Å². The van der Waals surface area contributed by atoms with Gasteiger partial charge in [0.25, 0.3) is 0 Å². The number of aliphatic carboxylic acids is 1. The van der Waals surface area contributed by atoms with Crippen LogP contribution in [-0.2, 0) is 11.2 Å². The van der Waals surface area contributed by atoms with Crippen LogP contribution in [0.2, 0.25) is 0 Å². The molecule has 0 aromatic heterocycles. The molecule has 1 saturated heterocycles. The molecule has 0 spiro atoms. The zero-order chi connectivity index (χ0) is 14.7. The van der Waals surface area contributed by atoms with Gasteiger partial charge in [-0.1, -0.05) is 45.0 Å². The molecule has 3 nitrogen and oxygen atoms in total. The lowest BCUT2D eigenvalue weighted by Crippen LogP contribution is -2.27. The molecule has 1 aliphatic heterocycles. The topological polar surface area (TPSA) is 40.5 Å². The third kappa shape index (κ3) is 3.04. The van der Waals surface area contributed by atoms with Gasteiger partial charge in [-0.15, -0.1) is 0 Å². The van der Waals surface area contributed by atoms with Crippen molar-refractivity contribution >= 4 is 5.97 Å². The van der Waals surface area contributed by atoms with E-state index in [9.17, 15) is 9.90 Å². The fraction of sp³-hybridized carbons (Fsp3) is 0.588. The van der Waals surface area contributed by atoms with Crippen molar-refractivity contribution in [2.24, 2.45) is 11.8 Å². The Morgan fingerprint density at radius 2 is 1.95 bits per heavy atom. The van der Waals surface area contributed by atoms with Gasteiger partial charge in [0.15, 0.2) is 0 Å². The Morgan fingerprint density at radius 3 is 2.40 bits per heavy atom. The minimum Gasteiger partial charge on any atom is -0.481 e. The SMILES string of the molecule is CCc1ccc(C(CC)N2CC(C)C(C(=O)O)C2)cc1. The number of rotatable bonds is 5. The molecule has 110 valence electrons. The van der Waals surface area contributed by atoms with Crippen molar-refractivity contribution < 1.29 is 9.90 Å². The van der Waals surface area contributed by atoms with E-state index >= 15 is 0 Å². The standard InChI is InChI=1S/C17H25NO2/c1-4-13-6-8-14(9-7-13)16(5-2)18-10-12(3)15(11-18)17(19)20/h6-9,12,15-16H,4-5,10-11H2,1-3H3,(H,19,20). The van der Waals surface area contributed by atoms with Gasteiger partial charge in [0.05, 0.1) is 5.92 Å². The highest BCUT2D eigenvalue weighted by Gasteiger charge is 2.37. The molecule has 0 amide bonds. The van der Waals surface area contributed by atoms with E-state index in [1.165, 1.54) is 11.1 Å². The average Bonchev–Trinajstić information content (AvgIpc) is 2.82. The molecule has 2 rings (SSSR count). The van der Waals surface area contributed by atoms with Crippen molar-refractivity contribution in [3.8, 4) is 0 Å². The summed E-state index contributed by atoms with van der Waals surface area (Å²) in [4.78, 5) is 13.6. The van der Waals surface area contributed by atoms with Crippen molar-refractivity contribution in [2.75, 3.05) is 13.1 Å². The van der Waals surface area contributed by atoms with Crippen molar-refractivity contribution in [3.05, 3.63) is 35.4 Å². The predicted octanol–water partition coefficient (Wildman–Crippen LogP) is 3.35. The highest BCUT2D eigenvalue weighted by atomic mass is 16.4. The summed E-state index contributed by atoms with van der Waals surface area (Å²) >= 11 is 0. The molecule has 1 fully saturated rings. The molecule has 0 bridgehead atoms. The second-order valence-corrected chi connectivity index (χ2v) is 5.90. The highest BCUT2D eigenvalue weighted by Crippen LogP contribution is 2.33. The molecule has 1 N–H and O–H groups in total. The fourth-order valence-electron chi connectivity index (χ4n) is 3.26. The van der Waals surface area contributed by atoms with Crippen LogP contribution in [0, 0.1) is 11.8 Å². The minimum atomic E-state index is -0.656. The predicted molar refractivity (Wildman–Crippen MR) is 80.7 cm³/mol. The van der Waals surface area contributed by atoms with Crippen LogP contribution in [0.15, 0.2) is 24.3 Å². The maximum atomic E-state index is 11.3. The third-order valence-electron chi connectivity index (χ3n) is 4.56. The number of hydrogen-bond donors (Lipinski definition) is 1. The first-order valence-electron chi connectivity index (χ1n) is 7.62. The number of carbonyl (C=O) groups is 1. The van der Waals surface area contributed by atoms with Gasteiger partial charge in [-0.25, -0.2) is 0 Å². The van der Waals surface area contributed by atoms with Gasteiger partial charge in [0.2, 0.25) is 0 Å². The highest BCUT2D eigenvalue weighted by molar-refractivity contribution is 5.71. The number of carboxylic acid groups (broad SMARTS) is 1. The van der Waals surface area contributed by atoms with E-state index in [0.717, 1.165) is 19.4 Å². The largest absolute Gasteiger partial charge is 0.481 e. The molecule has 3 atom stereocenters. The molecule has 0 saturated carbocycles. The van der Waals surface area contributed by atoms with Gasteiger partial charge in [0, 0.05) is 19.1 Å². The smallest absolute Gasteiger partial charge is 0.308 e. The molecular formula is C17H25NO2. The van der Waals surface area contributed by atoms with Crippen LogP contribution in [0.5, 0.6) is 0 Å². The van der Waals surface area contributed by atoms with E-state index in [2.05, 4.69) is 43.0 Å². The Balaban J connectivity index is 2.14. The molecule has 3 unspecified atom stereocenters. The van der Waals surface area contributed by atoms with Crippen LogP contribution in [0.1, 0.15) is 44.4 Å². The lowest BCUT2D eigenvalue weighted by Gasteiger charge is -2.27. The summed E-state index contributed by atoms with van der Waals surface area (Å²) in [5, 5.41) is 9.27. The zero-order valence-corrected chi connectivity index (χ0v) is 12.7. The van der Waals surface area contributed by atoms with Crippen LogP contribution >= 0.6 is 0 Å². The van der Waals surface area contributed by atoms with Crippen molar-refractivity contribution in [2.45, 2.75) is 39.7 Å². The second-order valence-electron chi connectivity index (χ2n) is 5.90. The number of hydrogen-bond acceptors (Lipinski definition) is 2. The van der Waals surface area contributed by atoms with E-state index in [-0.39, 0.29) is 11.8 Å². The summed E-state index contributed by atoms with van der Waals surface area (Å²) in [5.41, 5.74) is 2.66. The summed E-state index contributed by atoms with van der Waals surface area (Å²) in [6.45, 7) is 7.93. The molecule has 1 aliphatic rings. The molecule has 3 heteroatoms. The first-order chi connectivity index (χ1) is 9.56. The van der Waals surface area contributed by atoms with Crippen molar-refractivity contribution in [1.29, 1.82) is 0 Å². The minimum absolute atomic E-state index is 0.223. The molecule has 1 aromatic carbocycles. The number of aryl methyl sites for hydroxylation is 1. The van der Waals surface area contributed by atoms with Gasteiger partial charge in [-0.2, -0.15) is 0 Å². The Bertz CT molecular complexity index is 455. The Kier molecular flexibility index (Phi) is 4.81. The first-order valence-corrected chi connectivity index (χ1v) is 7.62. The Morgan fingerprint density at radius 1 is 1.30 bits per heavy atom. The van der Waals surface area contributed by atoms with Gasteiger partial charge in [-0.05, 0) is 29.9 Å². The van der Waals surface area contributed by atoms with Gasteiger partial charge in [0.1, 0.15) is 0 Å². The maximum Gasteiger partial charge on any atom is 0.308 e. The van der Waals surface area contributed by atoms with Crippen molar-refractivity contribution in [3.63, 3.8) is 0 Å². The Hall–Kier alpha value is -1.35. The van der Waals surface area contributed by atoms with Crippen LogP contribution in [-0.4, -0.2) is 29.1 Å². The monoisotopic (exact) mass is 275 g/mol. The molecule has 0 radical (unpaired) electrons. The summed E-state index contributed by atoms with van der Waals surface area (Å²) < 4.78 is 0. The summed E-state index contributed by atoms with van der Waals surface area (Å²) in [5.74, 6) is -0.647. The van der Waals surface area contributed by atoms with E-state index < -0.39 is 5.97 Å². The normalized spacial score (nSPS) is 24.8. The van der Waals surface area contributed by atoms with E-state index in [0.29, 0.717) is 12.6 Å². The first kappa shape index (κ1) is 15.0. The molecule has 1 heterocycles. The summed E-state index contributed by atoms with van der Waals surface area (Å²) in [7, 11) is 0. The van der Waals surface area contributed by atoms with Gasteiger partial charge in [-0.3, -0.25) is 9.69 Å². The average molecular weight is 275 g/mol. The summed E-state index contributed by atoms with van der Waals surface area (Å²) in [6, 6.07) is 9.11. The van der Waals surface area contributed by atoms with Crippen LogP contribution < -0.4 is 0 Å². The maximum absolute atomic E-state index is 11.3. The zero-order valence-electron chi connectivity index (χ0n) is 12.7.